The standard InChI is InChI=1S/C25H17ClF3NO5/c1-35-19-10-7-14(11-18(19)26)22(32)20-21(13-5-8-17(31)9-6-13)30(24(34)23(20)33)16-4-2-3-15(12-16)25(27,28)29/h2-12,21,31-32H,1H3/b22-20+. The van der Waals surface area contributed by atoms with Gasteiger partial charge in [0.15, 0.2) is 0 Å². The minimum absolute atomic E-state index is 0.0987. The first kappa shape index (κ1) is 24.2. The number of hydrogen-bond acceptors (Lipinski definition) is 5. The van der Waals surface area contributed by atoms with Crippen LogP contribution >= 0.6 is 11.6 Å². The maximum Gasteiger partial charge on any atom is 0.416 e. The molecule has 2 N–H and O–H groups in total. The summed E-state index contributed by atoms with van der Waals surface area (Å²) >= 11 is 6.15. The van der Waals surface area contributed by atoms with Crippen molar-refractivity contribution < 1.29 is 37.7 Å². The molecule has 1 heterocycles. The summed E-state index contributed by atoms with van der Waals surface area (Å²) in [7, 11) is 1.40. The normalized spacial score (nSPS) is 17.6. The van der Waals surface area contributed by atoms with Crippen molar-refractivity contribution in [2.75, 3.05) is 12.0 Å². The van der Waals surface area contributed by atoms with Crippen LogP contribution in [0.2, 0.25) is 5.02 Å². The Kier molecular flexibility index (Phi) is 6.21. The van der Waals surface area contributed by atoms with E-state index in [2.05, 4.69) is 0 Å². The zero-order valence-electron chi connectivity index (χ0n) is 18.0. The van der Waals surface area contributed by atoms with Crippen LogP contribution in [-0.4, -0.2) is 29.0 Å². The number of carbonyl (C=O) groups excluding carboxylic acids is 2. The summed E-state index contributed by atoms with van der Waals surface area (Å²) in [6.07, 6.45) is -4.68. The summed E-state index contributed by atoms with van der Waals surface area (Å²) in [5.41, 5.74) is -1.17. The number of nitrogens with zero attached hydrogens (tertiary/aromatic N) is 1. The van der Waals surface area contributed by atoms with Crippen LogP contribution in [0.25, 0.3) is 5.76 Å². The van der Waals surface area contributed by atoms with Gasteiger partial charge in [-0.1, -0.05) is 29.8 Å². The maximum absolute atomic E-state index is 13.3. The van der Waals surface area contributed by atoms with Gasteiger partial charge in [-0.05, 0) is 54.1 Å². The Bertz CT molecular complexity index is 1350. The molecule has 3 aromatic carbocycles. The van der Waals surface area contributed by atoms with Gasteiger partial charge in [-0.15, -0.1) is 0 Å². The minimum Gasteiger partial charge on any atom is -0.508 e. The molecule has 0 aliphatic carbocycles. The number of phenolic OH excluding ortho intramolecular Hbond substituents is 1. The largest absolute Gasteiger partial charge is 0.508 e. The number of rotatable bonds is 4. The molecule has 3 aromatic rings. The highest BCUT2D eigenvalue weighted by atomic mass is 35.5. The second kappa shape index (κ2) is 8.99. The number of ketones is 1. The van der Waals surface area contributed by atoms with E-state index in [1.54, 1.807) is 0 Å². The number of aromatic hydroxyl groups is 1. The number of aliphatic hydroxyl groups is 1. The van der Waals surface area contributed by atoms with Crippen molar-refractivity contribution in [1.82, 2.24) is 0 Å². The van der Waals surface area contributed by atoms with Crippen LogP contribution in [0, 0.1) is 0 Å². The van der Waals surface area contributed by atoms with Crippen LogP contribution in [0.1, 0.15) is 22.7 Å². The number of aliphatic hydroxyl groups excluding tert-OH is 1. The molecule has 35 heavy (non-hydrogen) atoms. The van der Waals surface area contributed by atoms with Crippen LogP contribution in [0.4, 0.5) is 18.9 Å². The number of hydrogen-bond donors (Lipinski definition) is 2. The van der Waals surface area contributed by atoms with E-state index in [-0.39, 0.29) is 33.2 Å². The molecule has 1 aliphatic rings. The van der Waals surface area contributed by atoms with Gasteiger partial charge in [0, 0.05) is 11.3 Å². The Morgan fingerprint density at radius 2 is 1.71 bits per heavy atom. The number of carbonyl (C=O) groups is 2. The fourth-order valence-electron chi connectivity index (χ4n) is 3.87. The maximum atomic E-state index is 13.3. The number of phenols is 1. The lowest BCUT2D eigenvalue weighted by atomic mass is 9.95. The van der Waals surface area contributed by atoms with E-state index in [0.29, 0.717) is 5.75 Å². The van der Waals surface area contributed by atoms with Gasteiger partial charge in [0.05, 0.1) is 29.3 Å². The van der Waals surface area contributed by atoms with Crippen molar-refractivity contribution in [2.45, 2.75) is 12.2 Å². The number of methoxy groups -OCH3 is 1. The molecule has 0 aromatic heterocycles. The van der Waals surface area contributed by atoms with Crippen LogP contribution in [0.15, 0.2) is 72.3 Å². The smallest absolute Gasteiger partial charge is 0.416 e. The molecule has 10 heteroatoms. The third kappa shape index (κ3) is 4.42. The average Bonchev–Trinajstić information content (AvgIpc) is 3.09. The number of alkyl halides is 3. The summed E-state index contributed by atoms with van der Waals surface area (Å²) in [5, 5.41) is 20.9. The third-order valence-corrected chi connectivity index (χ3v) is 5.83. The van der Waals surface area contributed by atoms with E-state index in [1.165, 1.54) is 55.6 Å². The van der Waals surface area contributed by atoms with E-state index in [0.717, 1.165) is 23.1 Å². The average molecular weight is 504 g/mol. The zero-order valence-corrected chi connectivity index (χ0v) is 18.8. The molecular formula is C25H17ClF3NO5. The van der Waals surface area contributed by atoms with Crippen LogP contribution in [0.3, 0.4) is 0 Å². The van der Waals surface area contributed by atoms with E-state index < -0.39 is 35.2 Å². The first-order valence-corrected chi connectivity index (χ1v) is 10.5. The predicted molar refractivity (Wildman–Crippen MR) is 122 cm³/mol. The summed E-state index contributed by atoms with van der Waals surface area (Å²) in [6, 6.07) is 12.3. The van der Waals surface area contributed by atoms with Gasteiger partial charge in [-0.3, -0.25) is 14.5 Å². The zero-order chi connectivity index (χ0) is 25.5. The van der Waals surface area contributed by atoms with E-state index >= 15 is 0 Å². The summed E-state index contributed by atoms with van der Waals surface area (Å²) in [4.78, 5) is 27.1. The number of amides is 1. The molecule has 1 unspecified atom stereocenters. The molecule has 4 rings (SSSR count). The molecule has 6 nitrogen and oxygen atoms in total. The topological polar surface area (TPSA) is 87.1 Å². The molecule has 1 saturated heterocycles. The van der Waals surface area contributed by atoms with Crippen LogP contribution in [-0.2, 0) is 15.8 Å². The molecule has 0 saturated carbocycles. The van der Waals surface area contributed by atoms with Crippen molar-refractivity contribution in [3.63, 3.8) is 0 Å². The molecular weight excluding hydrogens is 487 g/mol. The second-order valence-electron chi connectivity index (χ2n) is 7.66. The number of Topliss-reactive ketones (excluding diaryl/α,β-unsaturated/α-hetero) is 1. The van der Waals surface area contributed by atoms with Crippen molar-refractivity contribution in [3.8, 4) is 11.5 Å². The monoisotopic (exact) mass is 503 g/mol. The van der Waals surface area contributed by atoms with Crippen LogP contribution in [0.5, 0.6) is 11.5 Å². The Morgan fingerprint density at radius 3 is 2.31 bits per heavy atom. The first-order valence-electron chi connectivity index (χ1n) is 10.1. The fraction of sp³-hybridized carbons (Fsp3) is 0.120. The lowest BCUT2D eigenvalue weighted by molar-refractivity contribution is -0.137. The van der Waals surface area contributed by atoms with Gasteiger partial charge in [0.1, 0.15) is 17.3 Å². The van der Waals surface area contributed by atoms with E-state index in [1.807, 2.05) is 0 Å². The van der Waals surface area contributed by atoms with Crippen molar-refractivity contribution >= 4 is 34.7 Å². The third-order valence-electron chi connectivity index (χ3n) is 5.53. The highest BCUT2D eigenvalue weighted by molar-refractivity contribution is 6.51. The number of halogens is 4. The van der Waals surface area contributed by atoms with Gasteiger partial charge in [0.2, 0.25) is 0 Å². The van der Waals surface area contributed by atoms with E-state index in [9.17, 15) is 33.0 Å². The summed E-state index contributed by atoms with van der Waals surface area (Å²) in [6.45, 7) is 0. The predicted octanol–water partition coefficient (Wildman–Crippen LogP) is 5.70. The first-order chi connectivity index (χ1) is 16.5. The molecule has 180 valence electrons. The Morgan fingerprint density at radius 1 is 1.03 bits per heavy atom. The summed E-state index contributed by atoms with van der Waals surface area (Å²) in [5.74, 6) is -2.58. The minimum atomic E-state index is -4.68. The van der Waals surface area contributed by atoms with Gasteiger partial charge in [-0.25, -0.2) is 0 Å². The van der Waals surface area contributed by atoms with Crippen LogP contribution < -0.4 is 9.64 Å². The Labute approximate surface area is 202 Å². The highest BCUT2D eigenvalue weighted by Gasteiger charge is 2.47. The quantitative estimate of drug-likeness (QED) is 0.271. The molecule has 0 spiro atoms. The lowest BCUT2D eigenvalue weighted by Gasteiger charge is -2.26. The summed E-state index contributed by atoms with van der Waals surface area (Å²) < 4.78 is 45.1. The van der Waals surface area contributed by atoms with Crippen molar-refractivity contribution in [3.05, 3.63) is 94.0 Å². The Balaban J connectivity index is 1.94. The molecule has 1 aliphatic heterocycles. The van der Waals surface area contributed by atoms with Gasteiger partial charge in [-0.2, -0.15) is 13.2 Å². The van der Waals surface area contributed by atoms with E-state index in [4.69, 9.17) is 16.3 Å². The van der Waals surface area contributed by atoms with Gasteiger partial charge < -0.3 is 14.9 Å². The number of benzene rings is 3. The number of anilines is 1. The van der Waals surface area contributed by atoms with Crippen molar-refractivity contribution in [1.29, 1.82) is 0 Å². The molecule has 0 bridgehead atoms. The molecule has 1 fully saturated rings. The molecule has 0 radical (unpaired) electrons. The number of ether oxygens (including phenoxy) is 1. The van der Waals surface area contributed by atoms with Crippen molar-refractivity contribution in [2.24, 2.45) is 0 Å². The van der Waals surface area contributed by atoms with Gasteiger partial charge >= 0.3 is 6.18 Å². The second-order valence-corrected chi connectivity index (χ2v) is 8.07. The Hall–Kier alpha value is -3.98. The fourth-order valence-corrected chi connectivity index (χ4v) is 4.13. The highest BCUT2D eigenvalue weighted by Crippen LogP contribution is 2.44. The molecule has 1 amide bonds. The van der Waals surface area contributed by atoms with Gasteiger partial charge in [0.25, 0.3) is 11.7 Å². The lowest BCUT2D eigenvalue weighted by Crippen LogP contribution is -2.29. The molecule has 1 atom stereocenters. The SMILES string of the molecule is COc1ccc(/C(O)=C2\C(=O)C(=O)N(c3cccc(C(F)(F)F)c3)C2c2ccc(O)cc2)cc1Cl.